The highest BCUT2D eigenvalue weighted by Gasteiger charge is 2.05. The Balaban J connectivity index is 1.64. The van der Waals surface area contributed by atoms with Crippen LogP contribution in [0.4, 0.5) is 0 Å². The molecule has 0 fully saturated rings. The summed E-state index contributed by atoms with van der Waals surface area (Å²) in [5, 5.41) is 0. The first kappa shape index (κ1) is 15.9. The molecule has 0 aliphatic heterocycles. The largest absolute Gasteiger partial charge is 0.369 e. The van der Waals surface area contributed by atoms with Crippen LogP contribution >= 0.6 is 11.8 Å². The number of hydrogen-bond acceptors (Lipinski definition) is 2. The summed E-state index contributed by atoms with van der Waals surface area (Å²) in [5.41, 5.74) is 2.59. The first-order chi connectivity index (χ1) is 10.4. The molecule has 0 aliphatic rings. The van der Waals surface area contributed by atoms with Crippen molar-refractivity contribution in [3.05, 3.63) is 84.4 Å². The zero-order valence-electron chi connectivity index (χ0n) is 12.3. The second-order valence-electron chi connectivity index (χ2n) is 4.90. The lowest BCUT2D eigenvalue weighted by atomic mass is 10.2. The Labute approximate surface area is 132 Å². The molecule has 0 saturated heterocycles. The Morgan fingerprint density at radius 3 is 2.19 bits per heavy atom. The predicted molar refractivity (Wildman–Crippen MR) is 92.4 cm³/mol. The zero-order valence-corrected chi connectivity index (χ0v) is 13.1. The lowest BCUT2D eigenvalue weighted by Gasteiger charge is -2.14. The number of benzene rings is 2. The molecule has 0 amide bonds. The van der Waals surface area contributed by atoms with E-state index in [0.717, 1.165) is 17.9 Å². The second-order valence-corrected chi connectivity index (χ2v) is 6.00. The molecular formula is C19H22OS. The van der Waals surface area contributed by atoms with Crippen LogP contribution in [0.1, 0.15) is 17.5 Å². The van der Waals surface area contributed by atoms with Crippen molar-refractivity contribution in [3.63, 3.8) is 0 Å². The molecule has 21 heavy (non-hydrogen) atoms. The summed E-state index contributed by atoms with van der Waals surface area (Å²) < 4.78 is 5.90. The first-order valence-electron chi connectivity index (χ1n) is 7.28. The number of thioether (sulfide) groups is 1. The van der Waals surface area contributed by atoms with Gasteiger partial charge in [0.05, 0.1) is 12.7 Å². The minimum absolute atomic E-state index is 0.133. The smallest absolute Gasteiger partial charge is 0.0765 e. The molecule has 0 saturated carbocycles. The summed E-state index contributed by atoms with van der Waals surface area (Å²) in [6.45, 7) is 4.53. The van der Waals surface area contributed by atoms with Crippen LogP contribution in [0.2, 0.25) is 0 Å². The second kappa shape index (κ2) is 9.43. The van der Waals surface area contributed by atoms with Gasteiger partial charge in [0, 0.05) is 5.75 Å². The first-order valence-corrected chi connectivity index (χ1v) is 8.43. The van der Waals surface area contributed by atoms with Gasteiger partial charge in [0.25, 0.3) is 0 Å². The van der Waals surface area contributed by atoms with Crippen LogP contribution in [0.5, 0.6) is 0 Å². The molecule has 0 aromatic heterocycles. The molecule has 0 aliphatic carbocycles. The fraction of sp³-hybridized carbons (Fsp3) is 0.263. The third kappa shape index (κ3) is 6.19. The standard InChI is InChI=1S/C19H22OS/c1-2-19(20-15-17-9-5-3-6-10-17)13-14-21-16-18-11-7-4-8-12-18/h2-12,19H,1,13-16H2. The molecular weight excluding hydrogens is 276 g/mol. The summed E-state index contributed by atoms with van der Waals surface area (Å²) in [6, 6.07) is 20.8. The molecule has 0 radical (unpaired) electrons. The van der Waals surface area contributed by atoms with Crippen LogP contribution in [0, 0.1) is 0 Å². The van der Waals surface area contributed by atoms with Crippen molar-refractivity contribution in [3.8, 4) is 0 Å². The SMILES string of the molecule is C=CC(CCSCc1ccccc1)OCc1ccccc1. The van der Waals surface area contributed by atoms with E-state index in [4.69, 9.17) is 4.74 Å². The highest BCUT2D eigenvalue weighted by atomic mass is 32.2. The van der Waals surface area contributed by atoms with Gasteiger partial charge in [-0.25, -0.2) is 0 Å². The fourth-order valence-corrected chi connectivity index (χ4v) is 2.98. The zero-order chi connectivity index (χ0) is 14.8. The normalized spacial score (nSPS) is 12.0. The van der Waals surface area contributed by atoms with Crippen LogP contribution in [0.25, 0.3) is 0 Å². The average Bonchev–Trinajstić information content (AvgIpc) is 2.56. The van der Waals surface area contributed by atoms with E-state index in [1.54, 1.807) is 0 Å². The predicted octanol–water partition coefficient (Wildman–Crippen LogP) is 5.08. The van der Waals surface area contributed by atoms with Gasteiger partial charge in [-0.3, -0.25) is 0 Å². The van der Waals surface area contributed by atoms with E-state index >= 15 is 0 Å². The highest BCUT2D eigenvalue weighted by molar-refractivity contribution is 7.98. The maximum atomic E-state index is 5.90. The number of rotatable bonds is 9. The topological polar surface area (TPSA) is 9.23 Å². The van der Waals surface area contributed by atoms with Crippen molar-refractivity contribution >= 4 is 11.8 Å². The Morgan fingerprint density at radius 1 is 0.952 bits per heavy atom. The van der Waals surface area contributed by atoms with Crippen molar-refractivity contribution in [1.82, 2.24) is 0 Å². The van der Waals surface area contributed by atoms with Gasteiger partial charge >= 0.3 is 0 Å². The van der Waals surface area contributed by atoms with E-state index in [-0.39, 0.29) is 6.10 Å². The van der Waals surface area contributed by atoms with Crippen LogP contribution in [0.15, 0.2) is 73.3 Å². The van der Waals surface area contributed by atoms with Crippen molar-refractivity contribution in [2.24, 2.45) is 0 Å². The van der Waals surface area contributed by atoms with Crippen LogP contribution in [-0.4, -0.2) is 11.9 Å². The molecule has 2 aromatic rings. The molecule has 2 rings (SSSR count). The maximum absolute atomic E-state index is 5.90. The minimum atomic E-state index is 0.133. The molecule has 2 heteroatoms. The highest BCUT2D eigenvalue weighted by Crippen LogP contribution is 2.15. The van der Waals surface area contributed by atoms with Crippen LogP contribution in [-0.2, 0) is 17.1 Å². The third-order valence-electron chi connectivity index (χ3n) is 3.23. The quantitative estimate of drug-likeness (QED) is 0.471. The Bertz CT molecular complexity index is 510. The summed E-state index contributed by atoms with van der Waals surface area (Å²) in [5.74, 6) is 2.14. The maximum Gasteiger partial charge on any atom is 0.0765 e. The van der Waals surface area contributed by atoms with Crippen LogP contribution in [0.3, 0.4) is 0 Å². The molecule has 0 N–H and O–H groups in total. The molecule has 0 heterocycles. The average molecular weight is 298 g/mol. The van der Waals surface area contributed by atoms with Gasteiger partial charge in [-0.15, -0.1) is 6.58 Å². The van der Waals surface area contributed by atoms with E-state index in [2.05, 4.69) is 49.0 Å². The summed E-state index contributed by atoms with van der Waals surface area (Å²) in [4.78, 5) is 0. The van der Waals surface area contributed by atoms with E-state index in [9.17, 15) is 0 Å². The molecule has 0 bridgehead atoms. The summed E-state index contributed by atoms with van der Waals surface area (Å²) >= 11 is 1.94. The van der Waals surface area contributed by atoms with E-state index < -0.39 is 0 Å². The Kier molecular flexibility index (Phi) is 7.13. The van der Waals surface area contributed by atoms with Crippen molar-refractivity contribution in [2.45, 2.75) is 24.9 Å². The Hall–Kier alpha value is -1.51. The molecule has 0 spiro atoms. The van der Waals surface area contributed by atoms with Gasteiger partial charge in [0.2, 0.25) is 0 Å². The van der Waals surface area contributed by atoms with Gasteiger partial charge in [-0.05, 0) is 23.3 Å². The minimum Gasteiger partial charge on any atom is -0.369 e. The fourth-order valence-electron chi connectivity index (χ4n) is 2.01. The van der Waals surface area contributed by atoms with Crippen molar-refractivity contribution in [1.29, 1.82) is 0 Å². The van der Waals surface area contributed by atoms with Gasteiger partial charge in [0.15, 0.2) is 0 Å². The van der Waals surface area contributed by atoms with Gasteiger partial charge in [-0.1, -0.05) is 66.7 Å². The Morgan fingerprint density at radius 2 is 1.57 bits per heavy atom. The molecule has 2 aromatic carbocycles. The van der Waals surface area contributed by atoms with Gasteiger partial charge in [-0.2, -0.15) is 11.8 Å². The molecule has 1 nitrogen and oxygen atoms in total. The van der Waals surface area contributed by atoms with Gasteiger partial charge in [0.1, 0.15) is 0 Å². The monoisotopic (exact) mass is 298 g/mol. The van der Waals surface area contributed by atoms with E-state index in [1.807, 2.05) is 36.0 Å². The van der Waals surface area contributed by atoms with E-state index in [1.165, 1.54) is 11.1 Å². The molecule has 110 valence electrons. The molecule has 1 unspecified atom stereocenters. The molecule has 1 atom stereocenters. The lowest BCUT2D eigenvalue weighted by molar-refractivity contribution is 0.0707. The van der Waals surface area contributed by atoms with E-state index in [0.29, 0.717) is 6.61 Å². The van der Waals surface area contributed by atoms with Crippen molar-refractivity contribution < 1.29 is 4.74 Å². The lowest BCUT2D eigenvalue weighted by Crippen LogP contribution is -2.10. The van der Waals surface area contributed by atoms with Gasteiger partial charge < -0.3 is 4.74 Å². The summed E-state index contributed by atoms with van der Waals surface area (Å²) in [7, 11) is 0. The third-order valence-corrected chi connectivity index (χ3v) is 4.29. The number of hydrogen-bond donors (Lipinski definition) is 0. The van der Waals surface area contributed by atoms with Crippen LogP contribution < -0.4 is 0 Å². The van der Waals surface area contributed by atoms with Crippen molar-refractivity contribution in [2.75, 3.05) is 5.75 Å². The number of ether oxygens (including phenoxy) is 1. The summed E-state index contributed by atoms with van der Waals surface area (Å²) in [6.07, 6.45) is 3.05.